The number of rotatable bonds is 6. The standard InChI is InChI=1S/C17H20O3/c1-3-15(18)12-20-17-10-6-14(7-11-17)13-4-8-16(19-2)9-5-13/h4-11,15,18H,3,12H2,1-2H3. The molecule has 2 aromatic rings. The summed E-state index contributed by atoms with van der Waals surface area (Å²) in [5.41, 5.74) is 2.25. The van der Waals surface area contributed by atoms with Crippen LogP contribution in [0.2, 0.25) is 0 Å². The monoisotopic (exact) mass is 272 g/mol. The van der Waals surface area contributed by atoms with Gasteiger partial charge in [0.05, 0.1) is 13.2 Å². The molecule has 0 aliphatic rings. The van der Waals surface area contributed by atoms with E-state index in [2.05, 4.69) is 0 Å². The van der Waals surface area contributed by atoms with Crippen molar-refractivity contribution in [1.82, 2.24) is 0 Å². The van der Waals surface area contributed by atoms with Crippen LogP contribution < -0.4 is 9.47 Å². The van der Waals surface area contributed by atoms with Gasteiger partial charge in [0.2, 0.25) is 0 Å². The van der Waals surface area contributed by atoms with E-state index in [-0.39, 0.29) is 0 Å². The summed E-state index contributed by atoms with van der Waals surface area (Å²) in [6, 6.07) is 15.8. The average molecular weight is 272 g/mol. The van der Waals surface area contributed by atoms with Crippen molar-refractivity contribution < 1.29 is 14.6 Å². The molecule has 0 amide bonds. The van der Waals surface area contributed by atoms with Crippen LogP contribution in [0.1, 0.15) is 13.3 Å². The summed E-state index contributed by atoms with van der Waals surface area (Å²) in [5.74, 6) is 1.62. The van der Waals surface area contributed by atoms with Crippen LogP contribution in [0.25, 0.3) is 11.1 Å². The van der Waals surface area contributed by atoms with Crippen LogP contribution in [0.15, 0.2) is 48.5 Å². The van der Waals surface area contributed by atoms with Gasteiger partial charge in [-0.1, -0.05) is 31.2 Å². The van der Waals surface area contributed by atoms with E-state index >= 15 is 0 Å². The Kier molecular flexibility index (Phi) is 5.02. The first-order valence-electron chi connectivity index (χ1n) is 6.78. The Labute approximate surface area is 119 Å². The number of hydrogen-bond acceptors (Lipinski definition) is 3. The second-order valence-electron chi connectivity index (χ2n) is 4.63. The molecule has 0 aromatic heterocycles. The molecule has 0 saturated carbocycles. The van der Waals surface area contributed by atoms with E-state index in [1.807, 2.05) is 55.5 Å². The molecule has 0 radical (unpaired) electrons. The lowest BCUT2D eigenvalue weighted by Gasteiger charge is -2.11. The van der Waals surface area contributed by atoms with Crippen LogP contribution in [-0.4, -0.2) is 24.9 Å². The van der Waals surface area contributed by atoms with Crippen molar-refractivity contribution in [3.05, 3.63) is 48.5 Å². The molecule has 0 bridgehead atoms. The molecule has 0 saturated heterocycles. The molecular formula is C17H20O3. The van der Waals surface area contributed by atoms with Gasteiger partial charge in [-0.05, 0) is 41.8 Å². The van der Waals surface area contributed by atoms with E-state index in [9.17, 15) is 5.11 Å². The molecule has 0 aliphatic heterocycles. The number of benzene rings is 2. The van der Waals surface area contributed by atoms with Crippen molar-refractivity contribution in [3.8, 4) is 22.6 Å². The van der Waals surface area contributed by atoms with Crippen LogP contribution in [0.3, 0.4) is 0 Å². The summed E-state index contributed by atoms with van der Waals surface area (Å²) in [4.78, 5) is 0. The minimum absolute atomic E-state index is 0.332. The maximum Gasteiger partial charge on any atom is 0.119 e. The van der Waals surface area contributed by atoms with Crippen LogP contribution in [-0.2, 0) is 0 Å². The molecule has 1 unspecified atom stereocenters. The Bertz CT molecular complexity index is 517. The second kappa shape index (κ2) is 6.96. The molecule has 0 fully saturated rings. The molecule has 106 valence electrons. The lowest BCUT2D eigenvalue weighted by Crippen LogP contribution is -2.15. The van der Waals surface area contributed by atoms with Crippen molar-refractivity contribution in [2.45, 2.75) is 19.4 Å². The highest BCUT2D eigenvalue weighted by Gasteiger charge is 2.03. The third-order valence-electron chi connectivity index (χ3n) is 3.19. The fourth-order valence-corrected chi connectivity index (χ4v) is 1.84. The summed E-state index contributed by atoms with van der Waals surface area (Å²) in [6.45, 7) is 2.26. The number of aliphatic hydroxyl groups is 1. The fourth-order valence-electron chi connectivity index (χ4n) is 1.84. The van der Waals surface area contributed by atoms with Gasteiger partial charge in [0, 0.05) is 0 Å². The largest absolute Gasteiger partial charge is 0.497 e. The van der Waals surface area contributed by atoms with Gasteiger partial charge in [0.1, 0.15) is 18.1 Å². The Morgan fingerprint density at radius 3 is 1.85 bits per heavy atom. The van der Waals surface area contributed by atoms with E-state index in [0.717, 1.165) is 22.6 Å². The predicted molar refractivity (Wildman–Crippen MR) is 80.2 cm³/mol. The van der Waals surface area contributed by atoms with Gasteiger partial charge in [0.25, 0.3) is 0 Å². The van der Waals surface area contributed by atoms with Gasteiger partial charge in [-0.2, -0.15) is 0 Å². The van der Waals surface area contributed by atoms with Crippen molar-refractivity contribution in [2.24, 2.45) is 0 Å². The van der Waals surface area contributed by atoms with Crippen molar-refractivity contribution >= 4 is 0 Å². The van der Waals surface area contributed by atoms with E-state index in [4.69, 9.17) is 9.47 Å². The maximum atomic E-state index is 9.46. The fraction of sp³-hybridized carbons (Fsp3) is 0.294. The molecular weight excluding hydrogens is 252 g/mol. The molecule has 2 rings (SSSR count). The summed E-state index contributed by atoms with van der Waals surface area (Å²) in [6.07, 6.45) is 0.292. The zero-order valence-electron chi connectivity index (χ0n) is 11.9. The third-order valence-corrected chi connectivity index (χ3v) is 3.19. The molecule has 3 heteroatoms. The molecule has 0 spiro atoms. The molecule has 1 atom stereocenters. The molecule has 0 aliphatic carbocycles. The van der Waals surface area contributed by atoms with Gasteiger partial charge in [-0.15, -0.1) is 0 Å². The van der Waals surface area contributed by atoms with E-state index in [1.165, 1.54) is 0 Å². The van der Waals surface area contributed by atoms with Gasteiger partial charge >= 0.3 is 0 Å². The maximum absolute atomic E-state index is 9.46. The second-order valence-corrected chi connectivity index (χ2v) is 4.63. The van der Waals surface area contributed by atoms with Crippen LogP contribution in [0.5, 0.6) is 11.5 Å². The quantitative estimate of drug-likeness (QED) is 0.874. The highest BCUT2D eigenvalue weighted by molar-refractivity contribution is 5.64. The lowest BCUT2D eigenvalue weighted by molar-refractivity contribution is 0.104. The van der Waals surface area contributed by atoms with Crippen LogP contribution in [0.4, 0.5) is 0 Å². The van der Waals surface area contributed by atoms with E-state index in [1.54, 1.807) is 7.11 Å². The van der Waals surface area contributed by atoms with Crippen molar-refractivity contribution in [2.75, 3.05) is 13.7 Å². The number of methoxy groups -OCH3 is 1. The van der Waals surface area contributed by atoms with Gasteiger partial charge in [-0.25, -0.2) is 0 Å². The summed E-state index contributed by atoms with van der Waals surface area (Å²) in [7, 11) is 1.66. The number of aliphatic hydroxyl groups excluding tert-OH is 1. The normalized spacial score (nSPS) is 11.9. The van der Waals surface area contributed by atoms with Gasteiger partial charge in [0.15, 0.2) is 0 Å². The number of hydrogen-bond donors (Lipinski definition) is 1. The first-order chi connectivity index (χ1) is 9.72. The first kappa shape index (κ1) is 14.4. The van der Waals surface area contributed by atoms with Crippen molar-refractivity contribution in [3.63, 3.8) is 0 Å². The summed E-state index contributed by atoms with van der Waals surface area (Å²) in [5, 5.41) is 9.46. The third kappa shape index (κ3) is 3.75. The van der Waals surface area contributed by atoms with Crippen LogP contribution >= 0.6 is 0 Å². The Morgan fingerprint density at radius 2 is 1.40 bits per heavy atom. The molecule has 3 nitrogen and oxygen atoms in total. The minimum atomic E-state index is -0.406. The molecule has 1 N–H and O–H groups in total. The predicted octanol–water partition coefficient (Wildman–Crippen LogP) is 3.51. The SMILES string of the molecule is CCC(O)COc1ccc(-c2ccc(OC)cc2)cc1. The highest BCUT2D eigenvalue weighted by Crippen LogP contribution is 2.24. The molecule has 20 heavy (non-hydrogen) atoms. The highest BCUT2D eigenvalue weighted by atomic mass is 16.5. The lowest BCUT2D eigenvalue weighted by atomic mass is 10.1. The molecule has 2 aromatic carbocycles. The molecule has 0 heterocycles. The smallest absolute Gasteiger partial charge is 0.119 e. The van der Waals surface area contributed by atoms with Gasteiger partial charge < -0.3 is 14.6 Å². The van der Waals surface area contributed by atoms with Crippen LogP contribution in [0, 0.1) is 0 Å². The topological polar surface area (TPSA) is 38.7 Å². The van der Waals surface area contributed by atoms with Gasteiger partial charge in [-0.3, -0.25) is 0 Å². The Hall–Kier alpha value is -2.00. The summed E-state index contributed by atoms with van der Waals surface area (Å²) < 4.78 is 10.7. The van der Waals surface area contributed by atoms with Crippen molar-refractivity contribution in [1.29, 1.82) is 0 Å². The Balaban J connectivity index is 2.03. The minimum Gasteiger partial charge on any atom is -0.497 e. The average Bonchev–Trinajstić information content (AvgIpc) is 2.53. The summed E-state index contributed by atoms with van der Waals surface area (Å²) >= 11 is 0. The first-order valence-corrected chi connectivity index (χ1v) is 6.78. The number of ether oxygens (including phenoxy) is 2. The zero-order valence-corrected chi connectivity index (χ0v) is 11.9. The van der Waals surface area contributed by atoms with E-state index < -0.39 is 6.10 Å². The Morgan fingerprint density at radius 1 is 0.900 bits per heavy atom. The van der Waals surface area contributed by atoms with E-state index in [0.29, 0.717) is 13.0 Å². The zero-order chi connectivity index (χ0) is 14.4.